The molecule has 0 radical (unpaired) electrons. The molecule has 0 amide bonds. The third-order valence-corrected chi connectivity index (χ3v) is 4.77. The molecule has 6 heteroatoms. The molecule has 1 heterocycles. The van der Waals surface area contributed by atoms with Gasteiger partial charge in [-0.1, -0.05) is 12.1 Å². The number of ketones is 1. The summed E-state index contributed by atoms with van der Waals surface area (Å²) in [6.07, 6.45) is 3.19. The number of nitro groups is 1. The van der Waals surface area contributed by atoms with Crippen LogP contribution in [0.5, 0.6) is 0 Å². The Labute approximate surface area is 153 Å². The highest BCUT2D eigenvalue weighted by atomic mass is 32.1. The Hall–Kier alpha value is -3.56. The summed E-state index contributed by atoms with van der Waals surface area (Å²) >= 11 is 1.44. The predicted molar refractivity (Wildman–Crippen MR) is 101 cm³/mol. The fraction of sp³-hybridized carbons (Fsp3) is 0. The molecule has 0 saturated carbocycles. The van der Waals surface area contributed by atoms with Crippen LogP contribution in [-0.2, 0) is 0 Å². The first kappa shape index (κ1) is 17.3. The molecular formula is C20H12N2O3S. The van der Waals surface area contributed by atoms with Gasteiger partial charge in [0.25, 0.3) is 5.69 Å². The monoisotopic (exact) mass is 360 g/mol. The highest BCUT2D eigenvalue weighted by Crippen LogP contribution is 2.31. The van der Waals surface area contributed by atoms with Crippen LogP contribution in [0.4, 0.5) is 5.69 Å². The van der Waals surface area contributed by atoms with Crippen molar-refractivity contribution >= 4 is 28.9 Å². The summed E-state index contributed by atoms with van der Waals surface area (Å²) in [5, 5.41) is 19.7. The van der Waals surface area contributed by atoms with Crippen LogP contribution in [0.2, 0.25) is 0 Å². The molecule has 1 aromatic heterocycles. The number of thiophene rings is 1. The Kier molecular flexibility index (Phi) is 5.02. The van der Waals surface area contributed by atoms with Crippen molar-refractivity contribution in [2.45, 2.75) is 0 Å². The van der Waals surface area contributed by atoms with Crippen LogP contribution in [-0.4, -0.2) is 10.7 Å². The first-order valence-electron chi connectivity index (χ1n) is 7.64. The van der Waals surface area contributed by atoms with Gasteiger partial charge in [-0.05, 0) is 54.1 Å². The van der Waals surface area contributed by atoms with Gasteiger partial charge in [-0.3, -0.25) is 14.9 Å². The quantitative estimate of drug-likeness (QED) is 0.274. The van der Waals surface area contributed by atoms with E-state index in [4.69, 9.17) is 5.26 Å². The SMILES string of the molecule is N#Cc1ccc(C(=O)C=Cc2ccc(-c3cccc([N+](=O)[O-])c3)s2)cc1. The molecule has 0 aliphatic rings. The third kappa shape index (κ3) is 3.91. The van der Waals surface area contributed by atoms with E-state index in [2.05, 4.69) is 0 Å². The van der Waals surface area contributed by atoms with E-state index >= 15 is 0 Å². The molecule has 0 aliphatic carbocycles. The molecule has 2 aromatic carbocycles. The highest BCUT2D eigenvalue weighted by molar-refractivity contribution is 7.16. The Balaban J connectivity index is 1.76. The molecule has 3 aromatic rings. The lowest BCUT2D eigenvalue weighted by molar-refractivity contribution is -0.384. The zero-order valence-corrected chi connectivity index (χ0v) is 14.3. The van der Waals surface area contributed by atoms with Gasteiger partial charge in [0.05, 0.1) is 16.6 Å². The largest absolute Gasteiger partial charge is 0.289 e. The Morgan fingerprint density at radius 1 is 1.12 bits per heavy atom. The molecule has 0 unspecified atom stereocenters. The second-order valence-corrected chi connectivity index (χ2v) is 6.51. The minimum absolute atomic E-state index is 0.0454. The Morgan fingerprint density at radius 2 is 1.88 bits per heavy atom. The second kappa shape index (κ2) is 7.55. The van der Waals surface area contributed by atoms with Gasteiger partial charge in [0.15, 0.2) is 5.78 Å². The van der Waals surface area contributed by atoms with Gasteiger partial charge in [-0.15, -0.1) is 11.3 Å². The molecule has 126 valence electrons. The zero-order chi connectivity index (χ0) is 18.5. The molecule has 0 saturated heterocycles. The summed E-state index contributed by atoms with van der Waals surface area (Å²) in [5.41, 5.74) is 1.83. The number of nitriles is 1. The van der Waals surface area contributed by atoms with E-state index in [0.717, 1.165) is 15.3 Å². The van der Waals surface area contributed by atoms with Gasteiger partial charge >= 0.3 is 0 Å². The van der Waals surface area contributed by atoms with Crippen molar-refractivity contribution in [3.63, 3.8) is 0 Å². The third-order valence-electron chi connectivity index (χ3n) is 3.67. The number of benzene rings is 2. The maximum absolute atomic E-state index is 12.2. The molecule has 26 heavy (non-hydrogen) atoms. The second-order valence-electron chi connectivity index (χ2n) is 5.40. The van der Waals surface area contributed by atoms with Crippen molar-refractivity contribution in [3.05, 3.63) is 92.9 Å². The van der Waals surface area contributed by atoms with E-state index in [1.54, 1.807) is 36.4 Å². The van der Waals surface area contributed by atoms with Crippen LogP contribution < -0.4 is 0 Å². The molecule has 0 bridgehead atoms. The Morgan fingerprint density at radius 3 is 2.58 bits per heavy atom. The van der Waals surface area contributed by atoms with Crippen LogP contribution in [0, 0.1) is 21.4 Å². The topological polar surface area (TPSA) is 84.0 Å². The first-order chi connectivity index (χ1) is 12.6. The minimum Gasteiger partial charge on any atom is -0.289 e. The fourth-order valence-corrected chi connectivity index (χ4v) is 3.24. The molecule has 0 aliphatic heterocycles. The molecule has 0 spiro atoms. The van der Waals surface area contributed by atoms with Gasteiger partial charge in [0, 0.05) is 27.5 Å². The summed E-state index contributed by atoms with van der Waals surface area (Å²) in [6.45, 7) is 0. The summed E-state index contributed by atoms with van der Waals surface area (Å²) in [6, 6.07) is 18.6. The van der Waals surface area contributed by atoms with Crippen LogP contribution in [0.3, 0.4) is 0 Å². The summed E-state index contributed by atoms with van der Waals surface area (Å²) in [5.74, 6) is -0.153. The lowest BCUT2D eigenvalue weighted by Gasteiger charge is -1.97. The van der Waals surface area contributed by atoms with E-state index in [-0.39, 0.29) is 11.5 Å². The number of hydrogen-bond donors (Lipinski definition) is 0. The van der Waals surface area contributed by atoms with Gasteiger partial charge in [0.2, 0.25) is 0 Å². The zero-order valence-electron chi connectivity index (χ0n) is 13.5. The minimum atomic E-state index is -0.422. The number of hydrogen-bond acceptors (Lipinski definition) is 5. The summed E-state index contributed by atoms with van der Waals surface area (Å²) < 4.78 is 0. The van der Waals surface area contributed by atoms with Gasteiger partial charge in [-0.25, -0.2) is 0 Å². The lowest BCUT2D eigenvalue weighted by atomic mass is 10.1. The number of rotatable bonds is 5. The molecule has 0 atom stereocenters. The maximum atomic E-state index is 12.2. The van der Waals surface area contributed by atoms with Crippen LogP contribution in [0.1, 0.15) is 20.8 Å². The molecular weight excluding hydrogens is 348 g/mol. The number of carbonyl (C=O) groups excluding carboxylic acids is 1. The summed E-state index contributed by atoms with van der Waals surface area (Å²) in [7, 11) is 0. The van der Waals surface area contributed by atoms with Gasteiger partial charge in [-0.2, -0.15) is 5.26 Å². The van der Waals surface area contributed by atoms with Gasteiger partial charge < -0.3 is 0 Å². The molecule has 3 rings (SSSR count). The van der Waals surface area contributed by atoms with Crippen molar-refractivity contribution < 1.29 is 9.72 Å². The van der Waals surface area contributed by atoms with Crippen molar-refractivity contribution in [2.24, 2.45) is 0 Å². The average Bonchev–Trinajstić information content (AvgIpc) is 3.15. The first-order valence-corrected chi connectivity index (χ1v) is 8.46. The maximum Gasteiger partial charge on any atom is 0.270 e. The van der Waals surface area contributed by atoms with E-state index in [1.807, 2.05) is 24.3 Å². The van der Waals surface area contributed by atoms with E-state index in [1.165, 1.54) is 29.5 Å². The van der Waals surface area contributed by atoms with Crippen molar-refractivity contribution in [1.82, 2.24) is 0 Å². The normalized spacial score (nSPS) is 10.6. The molecule has 0 fully saturated rings. The lowest BCUT2D eigenvalue weighted by Crippen LogP contribution is -1.93. The smallest absolute Gasteiger partial charge is 0.270 e. The van der Waals surface area contributed by atoms with E-state index in [0.29, 0.717) is 11.1 Å². The van der Waals surface area contributed by atoms with Crippen molar-refractivity contribution in [1.29, 1.82) is 5.26 Å². The number of carbonyl (C=O) groups is 1. The number of allylic oxidation sites excluding steroid dienone is 1. The van der Waals surface area contributed by atoms with Crippen molar-refractivity contribution in [2.75, 3.05) is 0 Å². The van der Waals surface area contributed by atoms with Crippen molar-refractivity contribution in [3.8, 4) is 16.5 Å². The van der Waals surface area contributed by atoms with Crippen LogP contribution >= 0.6 is 11.3 Å². The molecule has 5 nitrogen and oxygen atoms in total. The Bertz CT molecular complexity index is 1040. The summed E-state index contributed by atoms with van der Waals surface area (Å²) in [4.78, 5) is 24.4. The van der Waals surface area contributed by atoms with Gasteiger partial charge in [0.1, 0.15) is 0 Å². The van der Waals surface area contributed by atoms with Crippen LogP contribution in [0.25, 0.3) is 16.5 Å². The number of non-ortho nitro benzene ring substituents is 1. The van der Waals surface area contributed by atoms with E-state index in [9.17, 15) is 14.9 Å². The average molecular weight is 360 g/mol. The van der Waals surface area contributed by atoms with Crippen LogP contribution in [0.15, 0.2) is 66.7 Å². The number of nitro benzene ring substituents is 1. The molecule has 0 N–H and O–H groups in total. The standard InChI is InChI=1S/C20H12N2O3S/c21-13-14-4-6-15(7-5-14)19(23)10-8-18-9-11-20(26-18)16-2-1-3-17(12-16)22(24)25/h1-12H. The highest BCUT2D eigenvalue weighted by Gasteiger charge is 2.09. The van der Waals surface area contributed by atoms with E-state index < -0.39 is 4.92 Å². The number of nitrogens with zero attached hydrogens (tertiary/aromatic N) is 2. The fourth-order valence-electron chi connectivity index (χ4n) is 2.33. The predicted octanol–water partition coefficient (Wildman–Crippen LogP) is 5.09.